The predicted octanol–water partition coefficient (Wildman–Crippen LogP) is 1.47. The fraction of sp³-hybridized carbons (Fsp3) is 1.00. The summed E-state index contributed by atoms with van der Waals surface area (Å²) in [5.74, 6) is 0.522. The third-order valence-electron chi connectivity index (χ3n) is 14.0. The summed E-state index contributed by atoms with van der Waals surface area (Å²) in [6, 6.07) is 2.52. The summed E-state index contributed by atoms with van der Waals surface area (Å²) in [5, 5.41) is 82.8. The van der Waals surface area contributed by atoms with Gasteiger partial charge in [-0.25, -0.2) is 0 Å². The molecule has 0 aromatic rings. The largest absolute Gasteiger partial charge is 0.500 e. The van der Waals surface area contributed by atoms with E-state index in [0.29, 0.717) is 122 Å². The molecule has 0 heterocycles. The summed E-state index contributed by atoms with van der Waals surface area (Å²) in [5.41, 5.74) is 0. The highest BCUT2D eigenvalue weighted by Gasteiger charge is 2.39. The van der Waals surface area contributed by atoms with Crippen molar-refractivity contribution in [2.75, 3.05) is 204 Å². The highest BCUT2D eigenvalue weighted by molar-refractivity contribution is 6.61. The van der Waals surface area contributed by atoms with Crippen molar-refractivity contribution in [1.82, 2.24) is 15.1 Å². The van der Waals surface area contributed by atoms with Gasteiger partial charge >= 0.3 is 35.2 Å². The summed E-state index contributed by atoms with van der Waals surface area (Å²) >= 11 is 0. The number of aliphatic hydroxyl groups excluding tert-OH is 8. The molecule has 0 saturated carbocycles. The molecule has 0 aliphatic rings. The van der Waals surface area contributed by atoms with E-state index in [9.17, 15) is 35.7 Å². The number of hydrogen-bond donors (Lipinski definition) is 9. The van der Waals surface area contributed by atoms with Gasteiger partial charge in [0.25, 0.3) is 0 Å². The van der Waals surface area contributed by atoms with E-state index in [1.54, 1.807) is 111 Å². The van der Waals surface area contributed by atoms with Crippen molar-refractivity contribution < 1.29 is 118 Å². The molecule has 0 rings (SSSR count). The maximum absolute atomic E-state index is 10.4. The van der Waals surface area contributed by atoms with Gasteiger partial charge in [0.15, 0.2) is 0 Å². The van der Waals surface area contributed by atoms with Gasteiger partial charge in [0.05, 0.1) is 81.9 Å². The lowest BCUT2D eigenvalue weighted by molar-refractivity contribution is -0.0237. The molecular weight excluding hydrogens is 1230 g/mol. The second kappa shape index (κ2) is 58.1. The number of rotatable bonds is 60. The van der Waals surface area contributed by atoms with Crippen molar-refractivity contribution in [1.29, 1.82) is 0 Å². The van der Waals surface area contributed by atoms with Gasteiger partial charge in [-0.15, -0.1) is 0 Å². The minimum Gasteiger partial charge on any atom is -0.392 e. The maximum atomic E-state index is 10.4. The Hall–Kier alpha value is -0.252. The van der Waals surface area contributed by atoms with Crippen molar-refractivity contribution in [3.8, 4) is 0 Å². The van der Waals surface area contributed by atoms with Crippen LogP contribution in [0.2, 0.25) is 24.2 Å². The molecule has 0 bridgehead atoms. The van der Waals surface area contributed by atoms with E-state index in [0.717, 1.165) is 19.3 Å². The first-order valence-electron chi connectivity index (χ1n) is 31.0. The molecule has 0 aliphatic heterocycles. The summed E-state index contributed by atoms with van der Waals surface area (Å²) in [6.07, 6.45) is 2.23. The zero-order valence-corrected chi connectivity index (χ0v) is 61.3. The Morgan fingerprint density at radius 1 is 0.330 bits per heavy atom. The second-order valence-corrected chi connectivity index (χ2v) is 34.1. The number of hydrogen-bond acceptors (Lipinski definition) is 28. The number of unbranched alkanes of at least 4 members (excludes halogenated alkanes) is 1. The highest BCUT2D eigenvalue weighted by Crippen LogP contribution is 2.19. The van der Waals surface area contributed by atoms with Gasteiger partial charge in [-0.05, 0) is 58.8 Å². The van der Waals surface area contributed by atoms with Crippen LogP contribution in [0.25, 0.3) is 0 Å². The lowest BCUT2D eigenvalue weighted by Crippen LogP contribution is -2.44. The molecule has 9 N–H and O–H groups in total. The summed E-state index contributed by atoms with van der Waals surface area (Å²) in [7, 11) is 8.51. The van der Waals surface area contributed by atoms with E-state index in [1.807, 2.05) is 4.90 Å². The number of nitrogens with one attached hydrogen (secondary N) is 1. The quantitative estimate of drug-likeness (QED) is 0.0308. The molecule has 0 aromatic carbocycles. The first-order chi connectivity index (χ1) is 41.9. The Bertz CT molecular complexity index is 1420. The zero-order valence-electron chi connectivity index (χ0n) is 57.3. The number of nitrogens with zero attached hydrogens (tertiary/aromatic N) is 2. The summed E-state index contributed by atoms with van der Waals surface area (Å²) in [4.78, 5) is 3.64. The first-order valence-corrected chi connectivity index (χ1v) is 38.7. The van der Waals surface area contributed by atoms with Crippen molar-refractivity contribution in [2.24, 2.45) is 5.92 Å². The van der Waals surface area contributed by atoms with Crippen LogP contribution in [0.3, 0.4) is 0 Å². The molecule has 0 saturated heterocycles. The van der Waals surface area contributed by atoms with Crippen LogP contribution in [0, 0.1) is 5.92 Å². The van der Waals surface area contributed by atoms with Gasteiger partial charge in [-0.2, -0.15) is 0 Å². The molecule has 9 unspecified atom stereocenters. The monoisotopic (exact) mass is 1360 g/mol. The molecule has 0 aromatic heterocycles. The molecule has 0 aliphatic carbocycles. The van der Waals surface area contributed by atoms with Crippen LogP contribution in [0.5, 0.6) is 0 Å². The highest BCUT2D eigenvalue weighted by atomic mass is 28.4. The van der Waals surface area contributed by atoms with E-state index in [-0.39, 0.29) is 46.1 Å². The first kappa shape index (κ1) is 91.9. The van der Waals surface area contributed by atoms with Crippen LogP contribution in [-0.4, -0.2) is 338 Å². The number of ether oxygens (including phenoxy) is 5. The van der Waals surface area contributed by atoms with Gasteiger partial charge in [0.1, 0.15) is 0 Å². The Morgan fingerprint density at radius 3 is 0.841 bits per heavy atom. The van der Waals surface area contributed by atoms with Gasteiger partial charge in [0, 0.05) is 195 Å². The average Bonchev–Trinajstić information content (AvgIpc) is 3.52. The van der Waals surface area contributed by atoms with Crippen molar-refractivity contribution in [2.45, 2.75) is 159 Å². The molecule has 0 radical (unpaired) electrons. The Balaban J connectivity index is -0.00000128. The predicted molar refractivity (Wildman–Crippen MR) is 343 cm³/mol. The molecule has 32 heteroatoms. The lowest BCUT2D eigenvalue weighted by atomic mass is 10.0. The van der Waals surface area contributed by atoms with Crippen molar-refractivity contribution in [3.05, 3.63) is 0 Å². The van der Waals surface area contributed by atoms with Crippen LogP contribution < -0.4 is 5.32 Å². The molecule has 0 fully saturated rings. The summed E-state index contributed by atoms with van der Waals surface area (Å²) in [6.45, 7) is 15.4. The third kappa shape index (κ3) is 47.6. The standard InChI is InChI=1S/C23H51NO8Si.C21H49NO11Si2.C12H29NO6Si/c1-7-9-11-21(8-2)17-32-19-23(27)16-24(14-20(3)25)15-22(26)18-31-12-10-13-33(28-4,29-5)30-6;1-19(23)14-22(15-20(24)17-32-10-8-12-34(26-2,27-3)28-4)16-21(25)18-33-11-9-13-35(29-5,30-6)31-7;1-11(14)8-13-9-12(15)10-19-6-5-7-20(16-2,17-3)18-4/h20-23,25-27H,7-19H2,1-6H3;19-21,23-25H,8-18H2,1-7H3;11-15H,5-10H2,1-4H3. The number of aliphatic hydroxyl groups is 8. The molecule has 28 nitrogen and oxygen atoms in total. The van der Waals surface area contributed by atoms with E-state index in [4.69, 9.17) is 81.9 Å². The molecule has 0 amide bonds. The van der Waals surface area contributed by atoms with Crippen LogP contribution in [0.4, 0.5) is 0 Å². The van der Waals surface area contributed by atoms with E-state index < -0.39 is 84.0 Å². The Labute approximate surface area is 534 Å². The van der Waals surface area contributed by atoms with E-state index >= 15 is 0 Å². The van der Waals surface area contributed by atoms with Crippen LogP contribution in [0.1, 0.15) is 86.0 Å². The van der Waals surface area contributed by atoms with Gasteiger partial charge in [0.2, 0.25) is 0 Å². The molecule has 534 valence electrons. The molecule has 88 heavy (non-hydrogen) atoms. The van der Waals surface area contributed by atoms with Crippen LogP contribution >= 0.6 is 0 Å². The van der Waals surface area contributed by atoms with E-state index in [1.165, 1.54) is 12.8 Å². The molecular formula is C56H129N3O25Si4. The van der Waals surface area contributed by atoms with Gasteiger partial charge < -0.3 is 123 Å². The normalized spacial score (nSPS) is 15.7. The third-order valence-corrected chi connectivity index (χ3v) is 25.3. The van der Waals surface area contributed by atoms with Crippen LogP contribution in [-0.2, 0) is 76.8 Å². The fourth-order valence-electron chi connectivity index (χ4n) is 9.05. The van der Waals surface area contributed by atoms with Gasteiger partial charge in [-0.3, -0.25) is 9.80 Å². The topological polar surface area (TPSA) is 337 Å². The Morgan fingerprint density at radius 2 is 0.602 bits per heavy atom. The van der Waals surface area contributed by atoms with Crippen molar-refractivity contribution >= 4 is 35.2 Å². The van der Waals surface area contributed by atoms with Gasteiger partial charge in [-0.1, -0.05) is 33.1 Å². The van der Waals surface area contributed by atoms with E-state index in [2.05, 4.69) is 19.2 Å². The lowest BCUT2D eigenvalue weighted by Gasteiger charge is -2.28. The minimum absolute atomic E-state index is 0.133. The SMILES string of the molecule is CCCCC(CC)COCC(O)CN(CC(C)O)CC(O)COCCC[Si](OC)(OC)OC.CO[Si](CCCOCC(O)CN(CC(C)O)CC(O)COCCC[Si](OC)(OC)OC)(OC)OC.CO[Si](CCCOCC(O)CNCC(C)O)(OC)OC. The van der Waals surface area contributed by atoms with Crippen molar-refractivity contribution in [3.63, 3.8) is 0 Å². The molecule has 9 atom stereocenters. The minimum atomic E-state index is -2.62. The zero-order chi connectivity index (χ0) is 67.3. The average molecular weight is 1360 g/mol. The second-order valence-electron chi connectivity index (χ2n) is 21.8. The maximum Gasteiger partial charge on any atom is 0.500 e. The molecule has 0 spiro atoms. The smallest absolute Gasteiger partial charge is 0.392 e. The fourth-order valence-corrected chi connectivity index (χ4v) is 15.8. The van der Waals surface area contributed by atoms with Crippen LogP contribution in [0.15, 0.2) is 0 Å². The Kier molecular flexibility index (Phi) is 60.7. The summed E-state index contributed by atoms with van der Waals surface area (Å²) < 4.78 is 92.2.